The van der Waals surface area contributed by atoms with Crippen LogP contribution < -0.4 is 0 Å². The lowest BCUT2D eigenvalue weighted by Crippen LogP contribution is -1.99. The average Bonchev–Trinajstić information content (AvgIpc) is 2.26. The summed E-state index contributed by atoms with van der Waals surface area (Å²) >= 11 is 1.77. The van der Waals surface area contributed by atoms with Gasteiger partial charge in [0.05, 0.1) is 0 Å². The van der Waals surface area contributed by atoms with Crippen molar-refractivity contribution in [3.63, 3.8) is 0 Å². The Balaban J connectivity index is 2.63. The number of aromatic nitrogens is 1. The van der Waals surface area contributed by atoms with Crippen LogP contribution in [0.25, 0.3) is 0 Å². The number of Topliss-reactive ketones (excluding diaryl/α,β-unsaturated/α-hetero) is 1. The van der Waals surface area contributed by atoms with Crippen LogP contribution in [0, 0.1) is 0 Å². The van der Waals surface area contributed by atoms with Gasteiger partial charge < -0.3 is 0 Å². The van der Waals surface area contributed by atoms with Crippen molar-refractivity contribution in [3.8, 4) is 0 Å². The van der Waals surface area contributed by atoms with Crippen LogP contribution in [-0.2, 0) is 0 Å². The lowest BCUT2D eigenvalue weighted by Gasteiger charge is -2.00. The maximum Gasteiger partial charge on any atom is 0.180 e. The molecule has 0 fully saturated rings. The van der Waals surface area contributed by atoms with Gasteiger partial charge in [-0.15, -0.1) is 11.8 Å². The molecule has 0 saturated heterocycles. The zero-order valence-corrected chi connectivity index (χ0v) is 9.43. The van der Waals surface area contributed by atoms with E-state index in [0.29, 0.717) is 12.1 Å². The first-order valence-electron chi connectivity index (χ1n) is 4.90. The van der Waals surface area contributed by atoms with E-state index in [4.69, 9.17) is 0 Å². The van der Waals surface area contributed by atoms with Crippen molar-refractivity contribution in [2.75, 3.05) is 5.75 Å². The van der Waals surface area contributed by atoms with Gasteiger partial charge in [-0.25, -0.2) is 0 Å². The molecule has 0 bridgehead atoms. The molecule has 76 valence electrons. The van der Waals surface area contributed by atoms with Crippen LogP contribution in [0.2, 0.25) is 0 Å². The van der Waals surface area contributed by atoms with E-state index in [1.165, 1.54) is 0 Å². The van der Waals surface area contributed by atoms with E-state index < -0.39 is 0 Å². The quantitative estimate of drug-likeness (QED) is 0.551. The normalized spacial score (nSPS) is 10.1. The maximum absolute atomic E-state index is 11.3. The molecule has 0 unspecified atom stereocenters. The molecule has 0 spiro atoms. The molecule has 2 nitrogen and oxygen atoms in total. The van der Waals surface area contributed by atoms with Crippen LogP contribution in [0.1, 0.15) is 37.2 Å². The molecule has 0 N–H and O–H groups in total. The topological polar surface area (TPSA) is 30.0 Å². The van der Waals surface area contributed by atoms with E-state index in [9.17, 15) is 4.79 Å². The first-order valence-corrected chi connectivity index (χ1v) is 5.88. The van der Waals surface area contributed by atoms with E-state index in [2.05, 4.69) is 11.9 Å². The zero-order valence-electron chi connectivity index (χ0n) is 8.62. The van der Waals surface area contributed by atoms with Crippen molar-refractivity contribution in [3.05, 3.63) is 24.0 Å². The van der Waals surface area contributed by atoms with Crippen molar-refractivity contribution >= 4 is 17.5 Å². The molecule has 0 amide bonds. The summed E-state index contributed by atoms with van der Waals surface area (Å²) in [6, 6.07) is 3.78. The Bertz CT molecular complexity index is 295. The van der Waals surface area contributed by atoms with Crippen molar-refractivity contribution < 1.29 is 4.79 Å². The van der Waals surface area contributed by atoms with Gasteiger partial charge in [-0.1, -0.05) is 13.8 Å². The highest BCUT2D eigenvalue weighted by molar-refractivity contribution is 7.99. The summed E-state index contributed by atoms with van der Waals surface area (Å²) in [4.78, 5) is 16.5. The second kappa shape index (κ2) is 5.81. The van der Waals surface area contributed by atoms with E-state index in [0.717, 1.165) is 17.1 Å². The van der Waals surface area contributed by atoms with Gasteiger partial charge in [0.15, 0.2) is 5.78 Å². The molecule has 0 atom stereocenters. The molecule has 0 radical (unpaired) electrons. The Hall–Kier alpha value is -0.830. The molecule has 1 aromatic heterocycles. The van der Waals surface area contributed by atoms with E-state index in [-0.39, 0.29) is 5.78 Å². The molecule has 0 aliphatic heterocycles. The SMILES string of the molecule is CCCSc1ccc(C(=O)CC)nc1. The lowest BCUT2D eigenvalue weighted by atomic mass is 10.2. The van der Waals surface area contributed by atoms with Gasteiger partial charge in [0.1, 0.15) is 5.69 Å². The van der Waals surface area contributed by atoms with Crippen molar-refractivity contribution in [2.24, 2.45) is 0 Å². The van der Waals surface area contributed by atoms with Crippen LogP contribution in [0.15, 0.2) is 23.2 Å². The van der Waals surface area contributed by atoms with E-state index >= 15 is 0 Å². The van der Waals surface area contributed by atoms with Gasteiger partial charge in [-0.2, -0.15) is 0 Å². The van der Waals surface area contributed by atoms with Gasteiger partial charge in [0.2, 0.25) is 0 Å². The van der Waals surface area contributed by atoms with Gasteiger partial charge in [0.25, 0.3) is 0 Å². The van der Waals surface area contributed by atoms with E-state index in [1.807, 2.05) is 19.1 Å². The molecule has 0 aliphatic carbocycles. The number of hydrogen-bond acceptors (Lipinski definition) is 3. The number of thioether (sulfide) groups is 1. The van der Waals surface area contributed by atoms with Crippen LogP contribution in [0.4, 0.5) is 0 Å². The zero-order chi connectivity index (χ0) is 10.4. The highest BCUT2D eigenvalue weighted by atomic mass is 32.2. The lowest BCUT2D eigenvalue weighted by molar-refractivity contribution is 0.0983. The summed E-state index contributed by atoms with van der Waals surface area (Å²) in [6.45, 7) is 4.00. The molecular weight excluding hydrogens is 194 g/mol. The predicted octanol–water partition coefficient (Wildman–Crippen LogP) is 3.18. The van der Waals surface area contributed by atoms with Crippen molar-refractivity contribution in [1.29, 1.82) is 0 Å². The molecule has 0 aromatic carbocycles. The molecule has 14 heavy (non-hydrogen) atoms. The van der Waals surface area contributed by atoms with Gasteiger partial charge in [-0.05, 0) is 24.3 Å². The fourth-order valence-corrected chi connectivity index (χ4v) is 1.76. The largest absolute Gasteiger partial charge is 0.292 e. The molecule has 0 aliphatic rings. The highest BCUT2D eigenvalue weighted by Crippen LogP contribution is 2.17. The Morgan fingerprint density at radius 3 is 2.71 bits per heavy atom. The fraction of sp³-hybridized carbons (Fsp3) is 0.455. The molecule has 1 rings (SSSR count). The summed E-state index contributed by atoms with van der Waals surface area (Å²) in [5, 5.41) is 0. The smallest absolute Gasteiger partial charge is 0.180 e. The van der Waals surface area contributed by atoms with Gasteiger partial charge in [-0.3, -0.25) is 9.78 Å². The summed E-state index contributed by atoms with van der Waals surface area (Å²) in [6.07, 6.45) is 3.46. The Labute approximate surface area is 89.1 Å². The Morgan fingerprint density at radius 2 is 2.21 bits per heavy atom. The number of nitrogens with zero attached hydrogens (tertiary/aromatic N) is 1. The monoisotopic (exact) mass is 209 g/mol. The van der Waals surface area contributed by atoms with Crippen LogP contribution in [0.5, 0.6) is 0 Å². The van der Waals surface area contributed by atoms with Crippen molar-refractivity contribution in [1.82, 2.24) is 4.98 Å². The standard InChI is InChI=1S/C11H15NOS/c1-3-7-14-9-5-6-10(12-8-9)11(13)4-2/h5-6,8H,3-4,7H2,1-2H3. The molecule has 1 aromatic rings. The number of hydrogen-bond donors (Lipinski definition) is 0. The second-order valence-corrected chi connectivity index (χ2v) is 4.17. The third-order valence-electron chi connectivity index (χ3n) is 1.82. The number of ketones is 1. The fourth-order valence-electron chi connectivity index (χ4n) is 1.03. The molecule has 1 heterocycles. The first kappa shape index (κ1) is 11.2. The third-order valence-corrected chi connectivity index (χ3v) is 3.00. The third kappa shape index (κ3) is 3.14. The van der Waals surface area contributed by atoms with Crippen molar-refractivity contribution in [2.45, 2.75) is 31.6 Å². The van der Waals surface area contributed by atoms with E-state index in [1.54, 1.807) is 18.0 Å². The minimum absolute atomic E-state index is 0.108. The number of pyridine rings is 1. The maximum atomic E-state index is 11.3. The average molecular weight is 209 g/mol. The van der Waals surface area contributed by atoms with Crippen LogP contribution >= 0.6 is 11.8 Å². The summed E-state index contributed by atoms with van der Waals surface area (Å²) in [5.41, 5.74) is 0.577. The number of carbonyl (C=O) groups is 1. The summed E-state index contributed by atoms with van der Waals surface area (Å²) in [7, 11) is 0. The van der Waals surface area contributed by atoms with Gasteiger partial charge in [0, 0.05) is 17.5 Å². The minimum Gasteiger partial charge on any atom is -0.292 e. The Morgan fingerprint density at radius 1 is 1.43 bits per heavy atom. The summed E-state index contributed by atoms with van der Waals surface area (Å²) in [5.74, 6) is 1.21. The Kier molecular flexibility index (Phi) is 4.66. The predicted molar refractivity (Wildman–Crippen MR) is 59.9 cm³/mol. The number of rotatable bonds is 5. The van der Waals surface area contributed by atoms with Gasteiger partial charge >= 0.3 is 0 Å². The summed E-state index contributed by atoms with van der Waals surface area (Å²) < 4.78 is 0. The second-order valence-electron chi connectivity index (χ2n) is 3.00. The molecular formula is C11H15NOS. The first-order chi connectivity index (χ1) is 6.77. The van der Waals surface area contributed by atoms with Crippen LogP contribution in [0.3, 0.4) is 0 Å². The molecule has 0 saturated carbocycles. The molecule has 3 heteroatoms. The highest BCUT2D eigenvalue weighted by Gasteiger charge is 2.03. The number of carbonyl (C=O) groups excluding carboxylic acids is 1. The minimum atomic E-state index is 0.108. The van der Waals surface area contributed by atoms with Crippen LogP contribution in [-0.4, -0.2) is 16.5 Å².